The molecule has 32 heavy (non-hydrogen) atoms. The van der Waals surface area contributed by atoms with Gasteiger partial charge in [0.15, 0.2) is 12.4 Å². The molecular weight excluding hydrogens is 386 g/mol. The van der Waals surface area contributed by atoms with Gasteiger partial charge in [-0.25, -0.2) is 4.57 Å². The van der Waals surface area contributed by atoms with E-state index >= 15 is 0 Å². The molecule has 1 nitrogen and oxygen atoms in total. The number of pyridine rings is 1. The number of rotatable bonds is 24. The Morgan fingerprint density at radius 3 is 1.38 bits per heavy atom. The molecule has 0 aliphatic carbocycles. The van der Waals surface area contributed by atoms with Crippen LogP contribution in [0.15, 0.2) is 24.5 Å². The molecule has 1 heteroatoms. The van der Waals surface area contributed by atoms with Crippen molar-refractivity contribution < 1.29 is 4.57 Å². The third-order valence-electron chi connectivity index (χ3n) is 7.01. The average Bonchev–Trinajstić information content (AvgIpc) is 2.81. The molecular formula is C31H58N+. The molecule has 1 rings (SSSR count). The molecule has 0 saturated heterocycles. The number of hydrogen-bond acceptors (Lipinski definition) is 0. The zero-order valence-electron chi connectivity index (χ0n) is 22.2. The molecule has 0 spiro atoms. The predicted octanol–water partition coefficient (Wildman–Crippen LogP) is 10.1. The molecule has 0 saturated carbocycles. The topological polar surface area (TPSA) is 3.88 Å². The highest BCUT2D eigenvalue weighted by Gasteiger charge is 2.03. The second-order valence-electron chi connectivity index (χ2n) is 10.3. The number of unbranched alkanes of at least 4 members (excludes halogenated alkanes) is 20. The summed E-state index contributed by atoms with van der Waals surface area (Å²) in [6.45, 7) is 5.80. The van der Waals surface area contributed by atoms with Crippen molar-refractivity contribution in [2.75, 3.05) is 0 Å². The van der Waals surface area contributed by atoms with E-state index in [1.165, 1.54) is 160 Å². The maximum atomic E-state index is 2.43. The normalized spacial score (nSPS) is 11.3. The van der Waals surface area contributed by atoms with Crippen molar-refractivity contribution in [3.63, 3.8) is 0 Å². The van der Waals surface area contributed by atoms with Gasteiger partial charge in [0.25, 0.3) is 0 Å². The van der Waals surface area contributed by atoms with E-state index in [1.807, 2.05) is 0 Å². The summed E-state index contributed by atoms with van der Waals surface area (Å²) in [5.41, 5.74) is 1.53. The van der Waals surface area contributed by atoms with E-state index in [9.17, 15) is 0 Å². The fourth-order valence-electron chi connectivity index (χ4n) is 4.82. The minimum Gasteiger partial charge on any atom is -0.205 e. The minimum absolute atomic E-state index is 1.20. The Balaban J connectivity index is 1.93. The quantitative estimate of drug-likeness (QED) is 0.110. The molecule has 0 radical (unpaired) electrons. The lowest BCUT2D eigenvalue weighted by Crippen LogP contribution is -2.33. The Kier molecular flexibility index (Phi) is 21.3. The van der Waals surface area contributed by atoms with Gasteiger partial charge >= 0.3 is 0 Å². The van der Waals surface area contributed by atoms with Crippen molar-refractivity contribution in [2.45, 2.75) is 168 Å². The van der Waals surface area contributed by atoms with Gasteiger partial charge in [-0.05, 0) is 25.3 Å². The van der Waals surface area contributed by atoms with Gasteiger partial charge in [-0.2, -0.15) is 0 Å². The van der Waals surface area contributed by atoms with Gasteiger partial charge in [0.05, 0.1) is 0 Å². The number of aryl methyl sites for hydroxylation is 2. The Morgan fingerprint density at radius 1 is 0.500 bits per heavy atom. The van der Waals surface area contributed by atoms with Crippen molar-refractivity contribution in [3.05, 3.63) is 30.1 Å². The smallest absolute Gasteiger partial charge is 0.171 e. The molecule has 0 unspecified atom stereocenters. The lowest BCUT2D eigenvalue weighted by Gasteiger charge is -2.04. The molecule has 1 heterocycles. The first-order chi connectivity index (χ1) is 15.9. The van der Waals surface area contributed by atoms with Crippen molar-refractivity contribution >= 4 is 0 Å². The Morgan fingerprint density at radius 2 is 0.906 bits per heavy atom. The van der Waals surface area contributed by atoms with Gasteiger partial charge in [0, 0.05) is 18.1 Å². The van der Waals surface area contributed by atoms with Gasteiger partial charge in [0.2, 0.25) is 0 Å². The minimum atomic E-state index is 1.20. The van der Waals surface area contributed by atoms with E-state index in [4.69, 9.17) is 0 Å². The summed E-state index contributed by atoms with van der Waals surface area (Å²) < 4.78 is 2.43. The predicted molar refractivity (Wildman–Crippen MR) is 143 cm³/mol. The van der Waals surface area contributed by atoms with Crippen LogP contribution in [0, 0.1) is 0 Å². The first kappa shape index (κ1) is 29.2. The number of hydrogen-bond donors (Lipinski definition) is 0. The first-order valence-corrected chi connectivity index (χ1v) is 14.8. The summed E-state index contributed by atoms with van der Waals surface area (Å²) in [5, 5.41) is 0. The fraction of sp³-hybridized carbons (Fsp3) is 0.839. The van der Waals surface area contributed by atoms with Crippen LogP contribution in [-0.4, -0.2) is 0 Å². The molecule has 1 aromatic heterocycles. The summed E-state index contributed by atoms with van der Waals surface area (Å²) >= 11 is 0. The largest absolute Gasteiger partial charge is 0.205 e. The van der Waals surface area contributed by atoms with Crippen LogP contribution < -0.4 is 4.57 Å². The highest BCUT2D eigenvalue weighted by Crippen LogP contribution is 2.13. The van der Waals surface area contributed by atoms with Crippen LogP contribution in [0.1, 0.15) is 161 Å². The van der Waals surface area contributed by atoms with E-state index < -0.39 is 0 Å². The zero-order chi connectivity index (χ0) is 23.0. The molecule has 0 aliphatic rings. The van der Waals surface area contributed by atoms with E-state index in [0.717, 1.165) is 0 Å². The highest BCUT2D eigenvalue weighted by molar-refractivity contribution is 5.05. The van der Waals surface area contributed by atoms with Gasteiger partial charge in [-0.15, -0.1) is 0 Å². The third kappa shape index (κ3) is 18.7. The summed E-state index contributed by atoms with van der Waals surface area (Å²) in [4.78, 5) is 0. The third-order valence-corrected chi connectivity index (χ3v) is 7.01. The summed E-state index contributed by atoms with van der Waals surface area (Å²) in [7, 11) is 0. The maximum Gasteiger partial charge on any atom is 0.171 e. The molecule has 0 aromatic carbocycles. The molecule has 0 bridgehead atoms. The van der Waals surface area contributed by atoms with Crippen molar-refractivity contribution in [2.24, 2.45) is 0 Å². The van der Waals surface area contributed by atoms with E-state index in [1.54, 1.807) is 0 Å². The molecule has 0 aliphatic heterocycles. The van der Waals surface area contributed by atoms with Crippen molar-refractivity contribution in [1.29, 1.82) is 0 Å². The molecule has 0 atom stereocenters. The van der Waals surface area contributed by atoms with Crippen LogP contribution in [0.5, 0.6) is 0 Å². The lowest BCUT2D eigenvalue weighted by atomic mass is 10.0. The average molecular weight is 445 g/mol. The molecule has 1 aromatic rings. The molecule has 0 fully saturated rings. The van der Waals surface area contributed by atoms with Gasteiger partial charge in [-0.1, -0.05) is 136 Å². The van der Waals surface area contributed by atoms with Crippen LogP contribution in [0.2, 0.25) is 0 Å². The van der Waals surface area contributed by atoms with Gasteiger partial charge < -0.3 is 0 Å². The number of nitrogens with zero attached hydrogens (tertiary/aromatic N) is 1. The van der Waals surface area contributed by atoms with Crippen LogP contribution >= 0.6 is 0 Å². The molecule has 0 N–H and O–H groups in total. The molecule has 0 amide bonds. The monoisotopic (exact) mass is 444 g/mol. The van der Waals surface area contributed by atoms with Crippen LogP contribution in [0.3, 0.4) is 0 Å². The zero-order valence-corrected chi connectivity index (χ0v) is 22.2. The summed E-state index contributed by atoms with van der Waals surface area (Å²) in [6, 6.07) is 4.58. The van der Waals surface area contributed by atoms with Crippen molar-refractivity contribution in [1.82, 2.24) is 0 Å². The maximum absolute atomic E-state index is 2.43. The highest BCUT2D eigenvalue weighted by atomic mass is 14.9. The number of aromatic nitrogens is 1. The van der Waals surface area contributed by atoms with E-state index in [-0.39, 0.29) is 0 Å². The summed E-state index contributed by atoms with van der Waals surface area (Å²) in [6.07, 6.45) is 37.3. The second kappa shape index (κ2) is 23.3. The van der Waals surface area contributed by atoms with Crippen LogP contribution in [-0.2, 0) is 13.0 Å². The van der Waals surface area contributed by atoms with E-state index in [2.05, 4.69) is 42.9 Å². The fourth-order valence-corrected chi connectivity index (χ4v) is 4.82. The summed E-state index contributed by atoms with van der Waals surface area (Å²) in [5.74, 6) is 0. The Labute approximate surface area is 202 Å². The van der Waals surface area contributed by atoms with E-state index in [0.29, 0.717) is 0 Å². The Hall–Kier alpha value is -0.850. The van der Waals surface area contributed by atoms with Crippen molar-refractivity contribution in [3.8, 4) is 0 Å². The van der Waals surface area contributed by atoms with Crippen LogP contribution in [0.25, 0.3) is 0 Å². The van der Waals surface area contributed by atoms with Gasteiger partial charge in [0.1, 0.15) is 6.54 Å². The first-order valence-electron chi connectivity index (χ1n) is 14.8. The second-order valence-corrected chi connectivity index (χ2v) is 10.3. The molecule has 186 valence electrons. The van der Waals surface area contributed by atoms with Crippen LogP contribution in [0.4, 0.5) is 0 Å². The Bertz CT molecular complexity index is 495. The lowest BCUT2D eigenvalue weighted by molar-refractivity contribution is -0.697. The standard InChI is InChI=1S/C31H58N/c1-3-5-7-9-11-13-14-15-16-17-19-21-23-26-31-27-25-29-32(30-31)28-24-22-20-18-12-10-8-6-4-2/h25,27,29-30H,3-24,26,28H2,1-2H3/q+1. The van der Waals surface area contributed by atoms with Gasteiger partial charge in [-0.3, -0.25) is 0 Å². The SMILES string of the molecule is CCCCCCCCCCCCCCCc1ccc[n+](CCCCCCCCCCC)c1.